The average molecular weight is 638 g/mol. The van der Waals surface area contributed by atoms with Gasteiger partial charge in [-0.25, -0.2) is 4.79 Å². The highest BCUT2D eigenvalue weighted by molar-refractivity contribution is 6.39. The zero-order chi connectivity index (χ0) is 29.9. The van der Waals surface area contributed by atoms with E-state index >= 15 is 0 Å². The summed E-state index contributed by atoms with van der Waals surface area (Å²) in [7, 11) is 0. The Morgan fingerprint density at radius 3 is 2.56 bits per heavy atom. The number of morpholine rings is 1. The van der Waals surface area contributed by atoms with Crippen molar-refractivity contribution in [3.8, 4) is 28.8 Å². The quantitative estimate of drug-likeness (QED) is 0.195. The van der Waals surface area contributed by atoms with Crippen molar-refractivity contribution in [3.63, 3.8) is 0 Å². The first-order chi connectivity index (χ1) is 20.9. The van der Waals surface area contributed by atoms with Crippen molar-refractivity contribution < 1.29 is 23.9 Å². The predicted molar refractivity (Wildman–Crippen MR) is 165 cm³/mol. The molecule has 6 rings (SSSR count). The molecule has 1 aromatic heterocycles. The van der Waals surface area contributed by atoms with Crippen molar-refractivity contribution in [2.45, 2.75) is 37.9 Å². The topological polar surface area (TPSA) is 93.8 Å². The van der Waals surface area contributed by atoms with Gasteiger partial charge in [0.2, 0.25) is 0 Å². The van der Waals surface area contributed by atoms with Crippen LogP contribution in [0.1, 0.15) is 57.1 Å². The van der Waals surface area contributed by atoms with Gasteiger partial charge in [0.05, 0.1) is 38.9 Å². The van der Waals surface area contributed by atoms with Gasteiger partial charge in [0, 0.05) is 41.8 Å². The lowest BCUT2D eigenvalue weighted by atomic mass is 10.0. The summed E-state index contributed by atoms with van der Waals surface area (Å²) in [6.45, 7) is 2.36. The third kappa shape index (κ3) is 7.01. The smallest absolute Gasteiger partial charge is 0.335 e. The minimum absolute atomic E-state index is 0.0171. The molecule has 1 aliphatic heterocycles. The Labute approximate surface area is 264 Å². The number of ether oxygens (including phenoxy) is 2. The predicted octanol–water partition coefficient (Wildman–Crippen LogP) is 7.39. The van der Waals surface area contributed by atoms with E-state index in [0.717, 1.165) is 42.8 Å². The van der Waals surface area contributed by atoms with Crippen LogP contribution in [-0.4, -0.2) is 42.0 Å². The fourth-order valence-electron chi connectivity index (χ4n) is 5.05. The molecule has 3 aromatic carbocycles. The molecule has 0 bridgehead atoms. The Kier molecular flexibility index (Phi) is 8.94. The van der Waals surface area contributed by atoms with E-state index in [1.807, 2.05) is 6.07 Å². The average Bonchev–Trinajstić information content (AvgIpc) is 3.76. The summed E-state index contributed by atoms with van der Waals surface area (Å²) in [5, 5.41) is 18.6. The van der Waals surface area contributed by atoms with Crippen molar-refractivity contribution in [3.05, 3.63) is 103 Å². The molecule has 10 heteroatoms. The highest BCUT2D eigenvalue weighted by atomic mass is 35.5. The van der Waals surface area contributed by atoms with Gasteiger partial charge >= 0.3 is 5.97 Å². The van der Waals surface area contributed by atoms with Crippen LogP contribution in [0.2, 0.25) is 15.1 Å². The number of aromatic carboxylic acids is 1. The number of nitrogens with one attached hydrogen (secondary N) is 1. The minimum atomic E-state index is -1.01. The molecule has 1 saturated carbocycles. The van der Waals surface area contributed by atoms with E-state index in [2.05, 4.69) is 22.3 Å². The summed E-state index contributed by atoms with van der Waals surface area (Å²) < 4.78 is 17.7. The fraction of sp³-hybridized carbons (Fsp3) is 0.273. The minimum Gasteiger partial charge on any atom is -0.489 e. The van der Waals surface area contributed by atoms with E-state index < -0.39 is 5.97 Å². The largest absolute Gasteiger partial charge is 0.489 e. The Bertz CT molecular complexity index is 1710. The molecule has 220 valence electrons. The summed E-state index contributed by atoms with van der Waals surface area (Å²) in [5.41, 5.74) is 4.19. The molecule has 0 amide bonds. The van der Waals surface area contributed by atoms with Crippen LogP contribution in [-0.2, 0) is 17.8 Å². The first kappa shape index (κ1) is 29.6. The number of carboxylic acids is 1. The number of hydrogen-bond donors (Lipinski definition) is 2. The summed E-state index contributed by atoms with van der Waals surface area (Å²) >= 11 is 19.5. The molecule has 2 aliphatic rings. The molecular formula is C33H27Cl3N2O5. The van der Waals surface area contributed by atoms with Gasteiger partial charge in [-0.2, -0.15) is 0 Å². The first-order valence-corrected chi connectivity index (χ1v) is 15.1. The van der Waals surface area contributed by atoms with Crippen LogP contribution in [0.15, 0.2) is 59.1 Å². The van der Waals surface area contributed by atoms with Crippen molar-refractivity contribution in [2.24, 2.45) is 0 Å². The van der Waals surface area contributed by atoms with Crippen molar-refractivity contribution in [1.82, 2.24) is 10.5 Å². The zero-order valence-electron chi connectivity index (χ0n) is 23.0. The molecular weight excluding hydrogens is 611 g/mol. The molecule has 43 heavy (non-hydrogen) atoms. The zero-order valence-corrected chi connectivity index (χ0v) is 25.2. The van der Waals surface area contributed by atoms with Crippen molar-refractivity contribution >= 4 is 40.8 Å². The Morgan fingerprint density at radius 2 is 1.86 bits per heavy atom. The fourth-order valence-corrected chi connectivity index (χ4v) is 5.84. The van der Waals surface area contributed by atoms with Crippen LogP contribution in [0.5, 0.6) is 5.75 Å². The number of nitrogens with zero attached hydrogens (tertiary/aromatic N) is 1. The van der Waals surface area contributed by atoms with E-state index in [0.29, 0.717) is 62.1 Å². The molecule has 4 aromatic rings. The number of carboxylic acid groups (broad SMARTS) is 1. The normalized spacial score (nSPS) is 16.4. The Balaban J connectivity index is 1.20. The molecule has 1 aliphatic carbocycles. The van der Waals surface area contributed by atoms with Crippen molar-refractivity contribution in [1.29, 1.82) is 0 Å². The summed E-state index contributed by atoms with van der Waals surface area (Å²) in [6, 6.07) is 15.7. The highest BCUT2D eigenvalue weighted by Crippen LogP contribution is 2.46. The number of benzene rings is 3. The molecule has 0 spiro atoms. The third-order valence-electron chi connectivity index (χ3n) is 7.34. The standard InChI is InChI=1S/C33H27Cl3N2O5/c34-27-2-1-3-28(35)30(27)31-26(32(43-38-31)22-6-7-22)18-42-24-9-8-21(29(36)16-24)5-4-19-12-20(14-23(13-19)33(39)40)15-25-17-37-10-11-41-25/h1-3,8-9,12-14,16,22,25,37H,6-7,10-11,15,17-18H2,(H,39,40). The maximum Gasteiger partial charge on any atom is 0.335 e. The van der Waals surface area contributed by atoms with Gasteiger partial charge in [0.25, 0.3) is 0 Å². The molecule has 1 saturated heterocycles. The van der Waals surface area contributed by atoms with Gasteiger partial charge in [-0.15, -0.1) is 0 Å². The third-order valence-corrected chi connectivity index (χ3v) is 8.28. The summed E-state index contributed by atoms with van der Waals surface area (Å²) in [5.74, 6) is 6.77. The van der Waals surface area contributed by atoms with Crippen LogP contribution < -0.4 is 10.1 Å². The van der Waals surface area contributed by atoms with Crippen molar-refractivity contribution in [2.75, 3.05) is 19.7 Å². The van der Waals surface area contributed by atoms with Gasteiger partial charge in [0.1, 0.15) is 23.8 Å². The lowest BCUT2D eigenvalue weighted by Crippen LogP contribution is -2.39. The van der Waals surface area contributed by atoms with E-state index in [1.54, 1.807) is 48.5 Å². The van der Waals surface area contributed by atoms with Crippen LogP contribution in [0.3, 0.4) is 0 Å². The molecule has 1 unspecified atom stereocenters. The van der Waals surface area contributed by atoms with Gasteiger partial charge in [-0.3, -0.25) is 0 Å². The van der Waals surface area contributed by atoms with Gasteiger partial charge in [-0.1, -0.05) is 57.9 Å². The van der Waals surface area contributed by atoms with Crippen LogP contribution >= 0.6 is 34.8 Å². The number of carbonyl (C=O) groups is 1. The number of rotatable bonds is 8. The Morgan fingerprint density at radius 1 is 1.05 bits per heavy atom. The molecule has 7 nitrogen and oxygen atoms in total. The van der Waals surface area contributed by atoms with Gasteiger partial charge in [0.15, 0.2) is 0 Å². The van der Waals surface area contributed by atoms with Crippen LogP contribution in [0, 0.1) is 11.8 Å². The van der Waals surface area contributed by atoms with Crippen LogP contribution in [0.4, 0.5) is 0 Å². The van der Waals surface area contributed by atoms with E-state index in [1.165, 1.54) is 0 Å². The van der Waals surface area contributed by atoms with Crippen LogP contribution in [0.25, 0.3) is 11.3 Å². The molecule has 0 radical (unpaired) electrons. The number of halogens is 3. The maximum atomic E-state index is 11.8. The summed E-state index contributed by atoms with van der Waals surface area (Å²) in [6.07, 6.45) is 2.63. The van der Waals surface area contributed by atoms with E-state index in [9.17, 15) is 9.90 Å². The number of aromatic nitrogens is 1. The monoisotopic (exact) mass is 636 g/mol. The molecule has 2 fully saturated rings. The molecule has 2 heterocycles. The van der Waals surface area contributed by atoms with Gasteiger partial charge < -0.3 is 24.4 Å². The Hall–Kier alpha value is -3.51. The van der Waals surface area contributed by atoms with E-state index in [4.69, 9.17) is 48.8 Å². The lowest BCUT2D eigenvalue weighted by molar-refractivity contribution is 0.0292. The second-order valence-corrected chi connectivity index (χ2v) is 11.8. The highest BCUT2D eigenvalue weighted by Gasteiger charge is 2.33. The maximum absolute atomic E-state index is 11.8. The summed E-state index contributed by atoms with van der Waals surface area (Å²) in [4.78, 5) is 11.8. The first-order valence-electron chi connectivity index (χ1n) is 13.9. The van der Waals surface area contributed by atoms with Gasteiger partial charge in [-0.05, 0) is 67.3 Å². The lowest BCUT2D eigenvalue weighted by Gasteiger charge is -2.23. The van der Waals surface area contributed by atoms with E-state index in [-0.39, 0.29) is 18.3 Å². The molecule has 2 N–H and O–H groups in total. The molecule has 1 atom stereocenters. The number of hydrogen-bond acceptors (Lipinski definition) is 6. The second kappa shape index (κ2) is 13.0. The second-order valence-electron chi connectivity index (χ2n) is 10.6. The SMILES string of the molecule is O=C(O)c1cc(C#Cc2ccc(OCc3c(-c4c(Cl)cccc4Cl)noc3C3CC3)cc2Cl)cc(CC2CNCCO2)c1.